The summed E-state index contributed by atoms with van der Waals surface area (Å²) in [4.78, 5) is 35.5. The van der Waals surface area contributed by atoms with Crippen LogP contribution in [0.25, 0.3) is 16.9 Å². The molecule has 10 nitrogen and oxygen atoms in total. The van der Waals surface area contributed by atoms with Crippen molar-refractivity contribution >= 4 is 29.2 Å². The van der Waals surface area contributed by atoms with Crippen LogP contribution in [0.4, 0.5) is 16.3 Å². The van der Waals surface area contributed by atoms with Crippen molar-refractivity contribution in [2.75, 3.05) is 30.0 Å². The van der Waals surface area contributed by atoms with Crippen LogP contribution in [0.2, 0.25) is 0 Å². The smallest absolute Gasteiger partial charge is 0.414 e. The molecule has 3 aliphatic rings. The van der Waals surface area contributed by atoms with Gasteiger partial charge in [0.05, 0.1) is 36.5 Å². The molecule has 2 aliphatic heterocycles. The van der Waals surface area contributed by atoms with Crippen molar-refractivity contribution in [2.24, 2.45) is 5.92 Å². The minimum absolute atomic E-state index is 0.00850. The van der Waals surface area contributed by atoms with Gasteiger partial charge < -0.3 is 14.8 Å². The van der Waals surface area contributed by atoms with Crippen LogP contribution in [0, 0.1) is 5.92 Å². The predicted molar refractivity (Wildman–Crippen MR) is 119 cm³/mol. The van der Waals surface area contributed by atoms with E-state index in [-0.39, 0.29) is 24.0 Å². The third kappa shape index (κ3) is 4.02. The second-order valence-corrected chi connectivity index (χ2v) is 8.70. The fourth-order valence-corrected chi connectivity index (χ4v) is 4.25. The molecule has 0 spiro atoms. The zero-order valence-corrected chi connectivity index (χ0v) is 18.1. The summed E-state index contributed by atoms with van der Waals surface area (Å²) < 4.78 is 12.7. The van der Waals surface area contributed by atoms with Gasteiger partial charge in [0.1, 0.15) is 6.10 Å². The van der Waals surface area contributed by atoms with Crippen molar-refractivity contribution in [3.63, 3.8) is 0 Å². The lowest BCUT2D eigenvalue weighted by Crippen LogP contribution is -2.35. The first-order valence-corrected chi connectivity index (χ1v) is 11.4. The third-order valence-corrected chi connectivity index (χ3v) is 6.28. The molecule has 1 aliphatic carbocycles. The second-order valence-electron chi connectivity index (χ2n) is 8.70. The predicted octanol–water partition coefficient (Wildman–Crippen LogP) is 2.82. The summed E-state index contributed by atoms with van der Waals surface area (Å²) in [7, 11) is 0. The monoisotopic (exact) mass is 448 g/mol. The maximum absolute atomic E-state index is 12.8. The van der Waals surface area contributed by atoms with Crippen molar-refractivity contribution in [3.8, 4) is 11.3 Å². The summed E-state index contributed by atoms with van der Waals surface area (Å²) >= 11 is 0. The molecule has 1 saturated heterocycles. The van der Waals surface area contributed by atoms with E-state index in [4.69, 9.17) is 9.47 Å². The van der Waals surface area contributed by atoms with Crippen molar-refractivity contribution in [1.29, 1.82) is 0 Å². The lowest BCUT2D eigenvalue weighted by atomic mass is 10.1. The molecule has 2 amide bonds. The van der Waals surface area contributed by atoms with Crippen LogP contribution >= 0.6 is 0 Å². The molecule has 2 fully saturated rings. The number of rotatable bonds is 4. The molecule has 1 N–H and O–H groups in total. The largest absolute Gasteiger partial charge is 0.446 e. The molecule has 0 bridgehead atoms. The summed E-state index contributed by atoms with van der Waals surface area (Å²) in [6.45, 7) is 1.79. The number of carbonyl (C=O) groups is 2. The number of nitrogens with zero attached hydrogens (tertiary/aromatic N) is 5. The zero-order valence-electron chi connectivity index (χ0n) is 18.1. The van der Waals surface area contributed by atoms with Gasteiger partial charge in [-0.25, -0.2) is 14.3 Å². The van der Waals surface area contributed by atoms with E-state index in [1.807, 2.05) is 18.2 Å². The van der Waals surface area contributed by atoms with Crippen molar-refractivity contribution in [3.05, 3.63) is 36.3 Å². The minimum atomic E-state index is -0.339. The van der Waals surface area contributed by atoms with E-state index < -0.39 is 0 Å². The first kappa shape index (κ1) is 20.1. The van der Waals surface area contributed by atoms with Gasteiger partial charge >= 0.3 is 6.09 Å². The van der Waals surface area contributed by atoms with Gasteiger partial charge in [-0.05, 0) is 31.0 Å². The maximum atomic E-state index is 12.8. The van der Waals surface area contributed by atoms with Crippen LogP contribution in [-0.4, -0.2) is 57.4 Å². The van der Waals surface area contributed by atoms with Crippen molar-refractivity contribution in [1.82, 2.24) is 19.6 Å². The quantitative estimate of drug-likeness (QED) is 0.653. The van der Waals surface area contributed by atoms with E-state index in [9.17, 15) is 9.59 Å². The Bertz CT molecular complexity index is 1230. The lowest BCUT2D eigenvalue weighted by molar-refractivity contribution is -0.117. The number of carbonyl (C=O) groups excluding carboxylic acids is 2. The number of hydrogen-bond acceptors (Lipinski definition) is 7. The first-order chi connectivity index (χ1) is 16.1. The summed E-state index contributed by atoms with van der Waals surface area (Å²) in [6, 6.07) is 5.64. The number of ether oxygens (including phenoxy) is 2. The summed E-state index contributed by atoms with van der Waals surface area (Å²) in [5.74, 6) is 0.608. The lowest BCUT2D eigenvalue weighted by Gasteiger charge is -2.25. The van der Waals surface area contributed by atoms with E-state index in [2.05, 4.69) is 20.4 Å². The number of pyridine rings is 1. The molecule has 170 valence electrons. The zero-order chi connectivity index (χ0) is 22.4. The molecular formula is C23H24N6O4. The summed E-state index contributed by atoms with van der Waals surface area (Å²) in [5.41, 5.74) is 3.75. The molecule has 0 atom stereocenters. The number of aromatic nitrogens is 4. The van der Waals surface area contributed by atoms with Crippen LogP contribution in [0.5, 0.6) is 0 Å². The third-order valence-electron chi connectivity index (χ3n) is 6.28. The van der Waals surface area contributed by atoms with E-state index in [0.717, 1.165) is 42.6 Å². The maximum Gasteiger partial charge on any atom is 0.414 e. The van der Waals surface area contributed by atoms with E-state index >= 15 is 0 Å². The Kier molecular flexibility index (Phi) is 4.94. The number of imidazole rings is 1. The van der Waals surface area contributed by atoms with Gasteiger partial charge in [0, 0.05) is 43.5 Å². The highest BCUT2D eigenvalue weighted by molar-refractivity contribution is 5.93. The molecule has 0 unspecified atom stereocenters. The molecule has 3 aromatic heterocycles. The molecule has 33 heavy (non-hydrogen) atoms. The van der Waals surface area contributed by atoms with Crippen LogP contribution in [0.15, 0.2) is 30.6 Å². The first-order valence-electron chi connectivity index (χ1n) is 11.4. The van der Waals surface area contributed by atoms with Gasteiger partial charge in [-0.1, -0.05) is 0 Å². The number of fused-ring (bicyclic) bond motifs is 2. The van der Waals surface area contributed by atoms with E-state index in [1.165, 1.54) is 0 Å². The summed E-state index contributed by atoms with van der Waals surface area (Å²) in [6.07, 6.45) is 7.05. The number of amides is 2. The second kappa shape index (κ2) is 8.11. The van der Waals surface area contributed by atoms with Crippen molar-refractivity contribution in [2.45, 2.75) is 38.2 Å². The minimum Gasteiger partial charge on any atom is -0.446 e. The van der Waals surface area contributed by atoms with E-state index in [0.29, 0.717) is 43.3 Å². The average molecular weight is 448 g/mol. The fraction of sp³-hybridized carbons (Fsp3) is 0.435. The highest BCUT2D eigenvalue weighted by atomic mass is 16.6. The Morgan fingerprint density at radius 3 is 2.82 bits per heavy atom. The Balaban J connectivity index is 1.23. The molecule has 3 aromatic rings. The number of hydrogen-bond donors (Lipinski definition) is 1. The topological polar surface area (TPSA) is 111 Å². The van der Waals surface area contributed by atoms with Gasteiger partial charge in [-0.3, -0.25) is 14.7 Å². The van der Waals surface area contributed by atoms with E-state index in [1.54, 1.807) is 21.8 Å². The van der Waals surface area contributed by atoms with Gasteiger partial charge in [0.2, 0.25) is 5.91 Å². The standard InChI is InChI=1S/C23H24N6O4/c30-22(14-1-2-14)26-20-13-29-21(25-20)4-3-17(27-29)15-11-19-18(24-12-15)5-8-28(19)23(31)33-16-6-9-32-10-7-16/h3-4,11-14,16H,1-2,5-10H2,(H,26,30). The molecule has 6 rings (SSSR count). The van der Waals surface area contributed by atoms with Crippen LogP contribution < -0.4 is 10.2 Å². The van der Waals surface area contributed by atoms with Crippen LogP contribution in [-0.2, 0) is 20.7 Å². The van der Waals surface area contributed by atoms with Gasteiger partial charge in [0.25, 0.3) is 0 Å². The molecule has 5 heterocycles. The Morgan fingerprint density at radius 2 is 2.00 bits per heavy atom. The molecule has 1 saturated carbocycles. The normalized spacial score (nSPS) is 18.4. The number of nitrogens with one attached hydrogen (secondary N) is 1. The fourth-order valence-electron chi connectivity index (χ4n) is 4.25. The van der Waals surface area contributed by atoms with Gasteiger partial charge in [0.15, 0.2) is 11.5 Å². The molecular weight excluding hydrogens is 424 g/mol. The van der Waals surface area contributed by atoms with Crippen LogP contribution in [0.1, 0.15) is 31.4 Å². The Labute approximate surface area is 189 Å². The molecule has 0 radical (unpaired) electrons. The van der Waals surface area contributed by atoms with Gasteiger partial charge in [-0.15, -0.1) is 0 Å². The Morgan fingerprint density at radius 1 is 1.15 bits per heavy atom. The highest BCUT2D eigenvalue weighted by Crippen LogP contribution is 2.32. The van der Waals surface area contributed by atoms with Gasteiger partial charge in [-0.2, -0.15) is 5.10 Å². The molecule has 0 aromatic carbocycles. The van der Waals surface area contributed by atoms with Crippen LogP contribution in [0.3, 0.4) is 0 Å². The summed E-state index contributed by atoms with van der Waals surface area (Å²) in [5, 5.41) is 7.49. The Hall–Kier alpha value is -3.53. The highest BCUT2D eigenvalue weighted by Gasteiger charge is 2.31. The van der Waals surface area contributed by atoms with Crippen molar-refractivity contribution < 1.29 is 19.1 Å². The average Bonchev–Trinajstić information content (AvgIpc) is 3.48. The molecule has 10 heteroatoms. The SMILES string of the molecule is O=C(Nc1cn2nc(-c3cnc4c(c3)N(C(=O)OC3CCOCC3)CC4)ccc2n1)C1CC1. The number of anilines is 2.